The Labute approximate surface area is 137 Å². The van der Waals surface area contributed by atoms with Crippen molar-refractivity contribution in [3.05, 3.63) is 28.8 Å². The van der Waals surface area contributed by atoms with Crippen LogP contribution in [0.1, 0.15) is 76.5 Å². The van der Waals surface area contributed by atoms with E-state index >= 15 is 0 Å². The van der Waals surface area contributed by atoms with E-state index in [9.17, 15) is 0 Å². The number of benzene rings is 1. The Kier molecular flexibility index (Phi) is 5.55. The minimum Gasteiger partial charge on any atom is -0.366 e. The van der Waals surface area contributed by atoms with Crippen molar-refractivity contribution in [3.8, 4) is 0 Å². The molecule has 0 aliphatic carbocycles. The molecule has 22 heavy (non-hydrogen) atoms. The summed E-state index contributed by atoms with van der Waals surface area (Å²) < 4.78 is 0. The van der Waals surface area contributed by atoms with E-state index in [2.05, 4.69) is 63.9 Å². The molecule has 0 unspecified atom stereocenters. The average molecular weight is 303 g/mol. The summed E-state index contributed by atoms with van der Waals surface area (Å²) in [5.74, 6) is 0.642. The summed E-state index contributed by atoms with van der Waals surface area (Å²) in [6, 6.07) is 4.90. The Balaban J connectivity index is 2.41. The van der Waals surface area contributed by atoms with Crippen molar-refractivity contribution < 1.29 is 0 Å². The summed E-state index contributed by atoms with van der Waals surface area (Å²) in [6.07, 6.45) is 3.78. The lowest BCUT2D eigenvalue weighted by Crippen LogP contribution is -2.48. The molecule has 1 aromatic carbocycles. The van der Waals surface area contributed by atoms with E-state index in [1.165, 1.54) is 42.6 Å². The van der Waals surface area contributed by atoms with Gasteiger partial charge in [-0.1, -0.05) is 33.3 Å². The SMILES string of the molecule is CCCCN1c2cc(C)c(CNCC)cc2[C@@H](C)CC1(C)C. The molecule has 1 N–H and O–H groups in total. The van der Waals surface area contributed by atoms with Crippen molar-refractivity contribution in [2.75, 3.05) is 18.0 Å². The molecule has 0 saturated carbocycles. The van der Waals surface area contributed by atoms with Gasteiger partial charge in [-0.25, -0.2) is 0 Å². The van der Waals surface area contributed by atoms with Crippen LogP contribution in [-0.2, 0) is 6.54 Å². The van der Waals surface area contributed by atoms with Gasteiger partial charge in [0.2, 0.25) is 0 Å². The molecule has 1 aromatic rings. The number of fused-ring (bicyclic) bond motifs is 1. The number of nitrogens with one attached hydrogen (secondary N) is 1. The zero-order valence-corrected chi connectivity index (χ0v) is 15.4. The van der Waals surface area contributed by atoms with Crippen LogP contribution in [0.3, 0.4) is 0 Å². The normalized spacial score (nSPS) is 20.1. The lowest BCUT2D eigenvalue weighted by atomic mass is 9.79. The van der Waals surface area contributed by atoms with Crippen LogP contribution in [0.5, 0.6) is 0 Å². The summed E-state index contributed by atoms with van der Waals surface area (Å²) in [4.78, 5) is 2.66. The van der Waals surface area contributed by atoms with Gasteiger partial charge in [0.15, 0.2) is 0 Å². The van der Waals surface area contributed by atoms with Gasteiger partial charge in [-0.15, -0.1) is 0 Å². The maximum absolute atomic E-state index is 3.48. The number of nitrogens with zero attached hydrogens (tertiary/aromatic N) is 1. The Morgan fingerprint density at radius 3 is 2.64 bits per heavy atom. The van der Waals surface area contributed by atoms with Crippen LogP contribution in [0.15, 0.2) is 12.1 Å². The fraction of sp³-hybridized carbons (Fsp3) is 0.700. The molecule has 0 aromatic heterocycles. The predicted molar refractivity (Wildman–Crippen MR) is 97.9 cm³/mol. The molecule has 2 heteroatoms. The molecule has 0 radical (unpaired) electrons. The highest BCUT2D eigenvalue weighted by Gasteiger charge is 2.36. The van der Waals surface area contributed by atoms with E-state index in [-0.39, 0.29) is 5.54 Å². The van der Waals surface area contributed by atoms with Gasteiger partial charge < -0.3 is 10.2 Å². The fourth-order valence-electron chi connectivity index (χ4n) is 3.87. The second kappa shape index (κ2) is 7.04. The average Bonchev–Trinajstić information content (AvgIpc) is 2.44. The summed E-state index contributed by atoms with van der Waals surface area (Å²) in [6.45, 7) is 17.1. The van der Waals surface area contributed by atoms with Crippen molar-refractivity contribution >= 4 is 5.69 Å². The minimum absolute atomic E-state index is 0.261. The van der Waals surface area contributed by atoms with Gasteiger partial charge >= 0.3 is 0 Å². The van der Waals surface area contributed by atoms with Gasteiger partial charge in [0.25, 0.3) is 0 Å². The van der Waals surface area contributed by atoms with Crippen molar-refractivity contribution in [1.29, 1.82) is 0 Å². The molecular formula is C20H34N2. The highest BCUT2D eigenvalue weighted by atomic mass is 15.2. The first-order valence-corrected chi connectivity index (χ1v) is 9.02. The number of anilines is 1. The summed E-state index contributed by atoms with van der Waals surface area (Å²) >= 11 is 0. The Morgan fingerprint density at radius 2 is 2.00 bits per heavy atom. The second-order valence-corrected chi connectivity index (χ2v) is 7.54. The highest BCUT2D eigenvalue weighted by Crippen LogP contribution is 2.44. The molecule has 2 rings (SSSR count). The quantitative estimate of drug-likeness (QED) is 0.795. The maximum atomic E-state index is 3.48. The third-order valence-electron chi connectivity index (χ3n) is 5.14. The van der Waals surface area contributed by atoms with Crippen molar-refractivity contribution in [3.63, 3.8) is 0 Å². The lowest BCUT2D eigenvalue weighted by Gasteiger charge is -2.48. The summed E-state index contributed by atoms with van der Waals surface area (Å²) in [5, 5.41) is 3.48. The molecular weight excluding hydrogens is 268 g/mol. The Morgan fingerprint density at radius 1 is 1.27 bits per heavy atom. The molecule has 124 valence electrons. The standard InChI is InChI=1S/C20H34N2/c1-7-9-10-22-19-11-15(3)17(14-21-8-2)12-18(19)16(4)13-20(22,5)6/h11-12,16,21H,7-10,13-14H2,1-6H3/t16-/m0/s1. The van der Waals surface area contributed by atoms with E-state index in [0.29, 0.717) is 5.92 Å². The van der Waals surface area contributed by atoms with E-state index < -0.39 is 0 Å². The summed E-state index contributed by atoms with van der Waals surface area (Å²) in [5.41, 5.74) is 6.18. The third kappa shape index (κ3) is 3.48. The van der Waals surface area contributed by atoms with Crippen LogP contribution < -0.4 is 10.2 Å². The van der Waals surface area contributed by atoms with Crippen LogP contribution in [-0.4, -0.2) is 18.6 Å². The van der Waals surface area contributed by atoms with Gasteiger partial charge in [0, 0.05) is 24.3 Å². The monoisotopic (exact) mass is 302 g/mol. The van der Waals surface area contributed by atoms with E-state index in [0.717, 1.165) is 13.1 Å². The maximum Gasteiger partial charge on any atom is 0.0408 e. The molecule has 1 aliphatic heterocycles. The number of aryl methyl sites for hydroxylation is 1. The molecule has 0 bridgehead atoms. The van der Waals surface area contributed by atoms with Gasteiger partial charge in [-0.05, 0) is 68.8 Å². The first kappa shape index (κ1) is 17.3. The van der Waals surface area contributed by atoms with E-state index in [1.54, 1.807) is 5.56 Å². The minimum atomic E-state index is 0.261. The van der Waals surface area contributed by atoms with Crippen LogP contribution in [0.2, 0.25) is 0 Å². The first-order valence-electron chi connectivity index (χ1n) is 9.02. The van der Waals surface area contributed by atoms with Gasteiger partial charge in [-0.3, -0.25) is 0 Å². The second-order valence-electron chi connectivity index (χ2n) is 7.54. The largest absolute Gasteiger partial charge is 0.366 e. The molecule has 0 spiro atoms. The molecule has 0 fully saturated rings. The van der Waals surface area contributed by atoms with Crippen LogP contribution in [0.25, 0.3) is 0 Å². The number of hydrogen-bond donors (Lipinski definition) is 1. The lowest BCUT2D eigenvalue weighted by molar-refractivity contribution is 0.373. The topological polar surface area (TPSA) is 15.3 Å². The fourth-order valence-corrected chi connectivity index (χ4v) is 3.87. The Hall–Kier alpha value is -1.02. The zero-order valence-electron chi connectivity index (χ0n) is 15.4. The number of hydrogen-bond acceptors (Lipinski definition) is 2. The van der Waals surface area contributed by atoms with Crippen LogP contribution >= 0.6 is 0 Å². The molecule has 2 nitrogen and oxygen atoms in total. The van der Waals surface area contributed by atoms with Crippen molar-refractivity contribution in [1.82, 2.24) is 5.32 Å². The highest BCUT2D eigenvalue weighted by molar-refractivity contribution is 5.62. The van der Waals surface area contributed by atoms with Gasteiger partial charge in [0.05, 0.1) is 0 Å². The van der Waals surface area contributed by atoms with Gasteiger partial charge in [-0.2, -0.15) is 0 Å². The molecule has 0 saturated heterocycles. The summed E-state index contributed by atoms with van der Waals surface area (Å²) in [7, 11) is 0. The van der Waals surface area contributed by atoms with E-state index in [1.807, 2.05) is 0 Å². The van der Waals surface area contributed by atoms with Crippen molar-refractivity contribution in [2.45, 2.75) is 78.8 Å². The smallest absolute Gasteiger partial charge is 0.0408 e. The predicted octanol–water partition coefficient (Wildman–Crippen LogP) is 5.00. The number of rotatable bonds is 6. The third-order valence-corrected chi connectivity index (χ3v) is 5.14. The molecule has 1 atom stereocenters. The number of unbranched alkanes of at least 4 members (excludes halogenated alkanes) is 1. The molecule has 1 aliphatic rings. The zero-order chi connectivity index (χ0) is 16.3. The first-order chi connectivity index (χ1) is 10.4. The van der Waals surface area contributed by atoms with Gasteiger partial charge in [0.1, 0.15) is 0 Å². The van der Waals surface area contributed by atoms with Crippen molar-refractivity contribution in [2.24, 2.45) is 0 Å². The molecule has 0 amide bonds. The van der Waals surface area contributed by atoms with Crippen LogP contribution in [0.4, 0.5) is 5.69 Å². The Bertz CT molecular complexity index is 505. The van der Waals surface area contributed by atoms with Crippen LogP contribution in [0, 0.1) is 6.92 Å². The van der Waals surface area contributed by atoms with E-state index in [4.69, 9.17) is 0 Å². The molecule has 1 heterocycles.